The zero-order valence-electron chi connectivity index (χ0n) is 16.0. The number of hydrogen-bond acceptors (Lipinski definition) is 4. The van der Waals surface area contributed by atoms with Crippen molar-refractivity contribution in [2.45, 2.75) is 13.5 Å². The van der Waals surface area contributed by atoms with Gasteiger partial charge in [0.15, 0.2) is 5.58 Å². The SMILES string of the molecule is Cc1ccc(Cn2c(C(=O)N3CCN(S(C)(=O)=O)CC3)cc3occc32)cc1. The van der Waals surface area contributed by atoms with Crippen molar-refractivity contribution in [2.75, 3.05) is 32.4 Å². The lowest BCUT2D eigenvalue weighted by Crippen LogP contribution is -2.50. The summed E-state index contributed by atoms with van der Waals surface area (Å²) >= 11 is 0. The number of rotatable bonds is 4. The van der Waals surface area contributed by atoms with E-state index in [2.05, 4.69) is 24.3 Å². The van der Waals surface area contributed by atoms with E-state index in [-0.39, 0.29) is 5.91 Å². The number of carbonyl (C=O) groups excluding carboxylic acids is 1. The van der Waals surface area contributed by atoms with Crippen LogP contribution in [-0.2, 0) is 16.6 Å². The van der Waals surface area contributed by atoms with Crippen molar-refractivity contribution in [1.29, 1.82) is 0 Å². The van der Waals surface area contributed by atoms with Crippen molar-refractivity contribution in [3.8, 4) is 0 Å². The number of carbonyl (C=O) groups is 1. The molecule has 3 heterocycles. The lowest BCUT2D eigenvalue weighted by atomic mass is 10.1. The van der Waals surface area contributed by atoms with Gasteiger partial charge in [-0.2, -0.15) is 4.31 Å². The molecule has 1 amide bonds. The van der Waals surface area contributed by atoms with Gasteiger partial charge in [-0.25, -0.2) is 8.42 Å². The Balaban J connectivity index is 1.61. The van der Waals surface area contributed by atoms with Crippen LogP contribution in [0.5, 0.6) is 0 Å². The topological polar surface area (TPSA) is 75.8 Å². The van der Waals surface area contributed by atoms with Gasteiger partial charge >= 0.3 is 0 Å². The Morgan fingerprint density at radius 3 is 2.39 bits per heavy atom. The number of fused-ring (bicyclic) bond motifs is 1. The number of aromatic nitrogens is 1. The van der Waals surface area contributed by atoms with Crippen LogP contribution in [-0.4, -0.2) is 60.5 Å². The molecule has 1 saturated heterocycles. The van der Waals surface area contributed by atoms with Gasteiger partial charge in [-0.3, -0.25) is 4.79 Å². The van der Waals surface area contributed by atoms with E-state index in [1.165, 1.54) is 16.1 Å². The molecule has 0 radical (unpaired) electrons. The molecule has 0 aliphatic carbocycles. The smallest absolute Gasteiger partial charge is 0.270 e. The first kappa shape index (κ1) is 18.8. The molecule has 1 aliphatic heterocycles. The summed E-state index contributed by atoms with van der Waals surface area (Å²) in [5, 5.41) is 0. The fourth-order valence-electron chi connectivity index (χ4n) is 3.59. The van der Waals surface area contributed by atoms with E-state index in [1.807, 2.05) is 17.6 Å². The van der Waals surface area contributed by atoms with Crippen LogP contribution in [0.4, 0.5) is 0 Å². The zero-order chi connectivity index (χ0) is 19.9. The zero-order valence-corrected chi connectivity index (χ0v) is 16.8. The highest BCUT2D eigenvalue weighted by atomic mass is 32.2. The number of piperazine rings is 1. The van der Waals surface area contributed by atoms with Gasteiger partial charge in [0, 0.05) is 44.9 Å². The summed E-state index contributed by atoms with van der Waals surface area (Å²) in [6.07, 6.45) is 2.82. The highest BCUT2D eigenvalue weighted by Gasteiger charge is 2.29. The van der Waals surface area contributed by atoms with Crippen LogP contribution in [0.1, 0.15) is 21.6 Å². The maximum Gasteiger partial charge on any atom is 0.270 e. The van der Waals surface area contributed by atoms with Gasteiger partial charge in [-0.15, -0.1) is 0 Å². The minimum atomic E-state index is -3.23. The molecule has 148 valence electrons. The summed E-state index contributed by atoms with van der Waals surface area (Å²) in [6.45, 7) is 4.00. The van der Waals surface area contributed by atoms with Gasteiger partial charge in [0.05, 0.1) is 18.0 Å². The first-order valence-corrected chi connectivity index (χ1v) is 11.0. The molecule has 1 aromatic carbocycles. The largest absolute Gasteiger partial charge is 0.463 e. The highest BCUT2D eigenvalue weighted by molar-refractivity contribution is 7.88. The van der Waals surface area contributed by atoms with Crippen LogP contribution in [0, 0.1) is 6.92 Å². The van der Waals surface area contributed by atoms with Gasteiger partial charge < -0.3 is 13.9 Å². The summed E-state index contributed by atoms with van der Waals surface area (Å²) in [6, 6.07) is 11.9. The Kier molecular flexibility index (Phi) is 4.76. The Morgan fingerprint density at radius 2 is 1.75 bits per heavy atom. The monoisotopic (exact) mass is 401 g/mol. The predicted molar refractivity (Wildman–Crippen MR) is 107 cm³/mol. The molecule has 0 bridgehead atoms. The molecule has 0 saturated carbocycles. The number of aryl methyl sites for hydroxylation is 1. The number of benzene rings is 1. The van der Waals surface area contributed by atoms with Crippen LogP contribution in [0.3, 0.4) is 0 Å². The summed E-state index contributed by atoms with van der Waals surface area (Å²) in [5.74, 6) is -0.105. The molecule has 1 fully saturated rings. The number of nitrogens with zero attached hydrogens (tertiary/aromatic N) is 3. The predicted octanol–water partition coefficient (Wildman–Crippen LogP) is 2.31. The Hall–Kier alpha value is -2.58. The van der Waals surface area contributed by atoms with E-state index in [4.69, 9.17) is 4.42 Å². The standard InChI is InChI=1S/C20H23N3O4S/c1-15-3-5-16(6-4-15)14-23-17-7-12-27-19(17)13-18(23)20(24)21-8-10-22(11-9-21)28(2,25)26/h3-7,12-13H,8-11,14H2,1-2H3. The van der Waals surface area contributed by atoms with Crippen molar-refractivity contribution in [1.82, 2.24) is 13.8 Å². The third-order valence-corrected chi connectivity index (χ3v) is 6.50. The molecule has 4 rings (SSSR count). The lowest BCUT2D eigenvalue weighted by Gasteiger charge is -2.33. The normalized spacial score (nSPS) is 16.0. The maximum absolute atomic E-state index is 13.2. The molecule has 0 spiro atoms. The van der Waals surface area contributed by atoms with Gasteiger partial charge in [0.1, 0.15) is 5.69 Å². The van der Waals surface area contributed by atoms with Crippen molar-refractivity contribution < 1.29 is 17.6 Å². The Bertz CT molecular complexity index is 1100. The molecule has 8 heteroatoms. The summed E-state index contributed by atoms with van der Waals surface area (Å²) in [7, 11) is -3.23. The molecule has 28 heavy (non-hydrogen) atoms. The van der Waals surface area contributed by atoms with Crippen molar-refractivity contribution >= 4 is 27.0 Å². The molecule has 0 atom stereocenters. The van der Waals surface area contributed by atoms with Gasteiger partial charge in [0.25, 0.3) is 5.91 Å². The van der Waals surface area contributed by atoms with Crippen molar-refractivity contribution in [2.24, 2.45) is 0 Å². The fourth-order valence-corrected chi connectivity index (χ4v) is 4.41. The highest BCUT2D eigenvalue weighted by Crippen LogP contribution is 2.24. The van der Waals surface area contributed by atoms with Gasteiger partial charge in [0.2, 0.25) is 10.0 Å². The number of furan rings is 1. The third kappa shape index (κ3) is 3.57. The van der Waals surface area contributed by atoms with Crippen LogP contribution in [0.2, 0.25) is 0 Å². The first-order valence-electron chi connectivity index (χ1n) is 9.19. The second-order valence-corrected chi connectivity index (χ2v) is 9.21. The average Bonchev–Trinajstić information content (AvgIpc) is 3.25. The molecule has 3 aromatic rings. The molecule has 0 N–H and O–H groups in total. The summed E-state index contributed by atoms with van der Waals surface area (Å²) in [5.41, 5.74) is 4.39. The first-order chi connectivity index (χ1) is 13.3. The molecule has 2 aromatic heterocycles. The number of amides is 1. The number of hydrogen-bond donors (Lipinski definition) is 0. The third-order valence-electron chi connectivity index (χ3n) is 5.20. The molecular weight excluding hydrogens is 378 g/mol. The second-order valence-electron chi connectivity index (χ2n) is 7.23. The van der Waals surface area contributed by atoms with Gasteiger partial charge in [-0.05, 0) is 12.5 Å². The quantitative estimate of drug-likeness (QED) is 0.672. The van der Waals surface area contributed by atoms with Crippen LogP contribution < -0.4 is 0 Å². The second kappa shape index (κ2) is 7.10. The van der Waals surface area contributed by atoms with Crippen LogP contribution in [0.25, 0.3) is 11.1 Å². The molecule has 0 unspecified atom stereocenters. The molecule has 1 aliphatic rings. The molecule has 7 nitrogen and oxygen atoms in total. The Morgan fingerprint density at radius 1 is 1.07 bits per heavy atom. The lowest BCUT2D eigenvalue weighted by molar-refractivity contribution is 0.0688. The van der Waals surface area contributed by atoms with Crippen LogP contribution >= 0.6 is 0 Å². The Labute approximate surface area is 164 Å². The van der Waals surface area contributed by atoms with E-state index < -0.39 is 10.0 Å². The van der Waals surface area contributed by atoms with E-state index in [1.54, 1.807) is 17.2 Å². The van der Waals surface area contributed by atoms with Crippen molar-refractivity contribution in [3.63, 3.8) is 0 Å². The van der Waals surface area contributed by atoms with E-state index in [0.29, 0.717) is 44.0 Å². The fraction of sp³-hybridized carbons (Fsp3) is 0.350. The van der Waals surface area contributed by atoms with E-state index in [0.717, 1.165) is 11.1 Å². The average molecular weight is 401 g/mol. The minimum Gasteiger partial charge on any atom is -0.463 e. The van der Waals surface area contributed by atoms with Crippen LogP contribution in [0.15, 0.2) is 47.1 Å². The van der Waals surface area contributed by atoms with E-state index >= 15 is 0 Å². The maximum atomic E-state index is 13.2. The van der Waals surface area contributed by atoms with E-state index in [9.17, 15) is 13.2 Å². The molecular formula is C20H23N3O4S. The minimum absolute atomic E-state index is 0.105. The van der Waals surface area contributed by atoms with Crippen molar-refractivity contribution in [3.05, 3.63) is 59.5 Å². The summed E-state index contributed by atoms with van der Waals surface area (Å²) < 4.78 is 32.3. The summed E-state index contributed by atoms with van der Waals surface area (Å²) in [4.78, 5) is 14.9. The van der Waals surface area contributed by atoms with Gasteiger partial charge in [-0.1, -0.05) is 29.8 Å². The number of sulfonamides is 1.